The number of nitrogens with zero attached hydrogens (tertiary/aromatic N) is 2. The average Bonchev–Trinajstić information content (AvgIpc) is 3.31. The van der Waals surface area contributed by atoms with Crippen LogP contribution in [0, 0.1) is 25.7 Å². The number of carbonyl (C=O) groups excluding carboxylic acids is 3. The Kier molecular flexibility index (Phi) is 6.86. The second-order valence-corrected chi connectivity index (χ2v) is 11.7. The lowest BCUT2D eigenvalue weighted by Crippen LogP contribution is -2.57. The van der Waals surface area contributed by atoms with Crippen LogP contribution in [0.2, 0.25) is 0 Å². The molecule has 1 spiro atoms. The summed E-state index contributed by atoms with van der Waals surface area (Å²) in [7, 11) is 0. The monoisotopic (exact) mass is 556 g/mol. The van der Waals surface area contributed by atoms with Crippen LogP contribution in [0.3, 0.4) is 0 Å². The first-order chi connectivity index (χ1) is 19.7. The maximum absolute atomic E-state index is 14.8. The lowest BCUT2D eigenvalue weighted by Gasteiger charge is -2.40. The van der Waals surface area contributed by atoms with E-state index < -0.39 is 53.6 Å². The second-order valence-electron chi connectivity index (χ2n) is 11.7. The Bertz CT molecular complexity index is 1440. The first-order valence-electron chi connectivity index (χ1n) is 14.3. The van der Waals surface area contributed by atoms with Crippen molar-refractivity contribution in [1.82, 2.24) is 4.90 Å². The van der Waals surface area contributed by atoms with E-state index in [2.05, 4.69) is 0 Å². The highest BCUT2D eigenvalue weighted by molar-refractivity contribution is 6.06. The molecule has 2 aromatic rings. The molecule has 1 N–H and O–H groups in total. The molecule has 2 saturated heterocycles. The van der Waals surface area contributed by atoms with Gasteiger partial charge in [0, 0.05) is 12.2 Å². The number of hydrogen-bond donors (Lipinski definition) is 1. The molecule has 8 nitrogen and oxygen atoms in total. The fourth-order valence-corrected chi connectivity index (χ4v) is 7.17. The van der Waals surface area contributed by atoms with Gasteiger partial charge in [-0.2, -0.15) is 0 Å². The summed E-state index contributed by atoms with van der Waals surface area (Å²) >= 11 is 0. The largest absolute Gasteiger partial charge is 0.465 e. The highest BCUT2D eigenvalue weighted by atomic mass is 16.6. The minimum absolute atomic E-state index is 0.245. The Hall–Kier alpha value is -3.75. The van der Waals surface area contributed by atoms with Crippen molar-refractivity contribution in [2.45, 2.75) is 56.9 Å². The van der Waals surface area contributed by atoms with Gasteiger partial charge in [-0.15, -0.1) is 0 Å². The van der Waals surface area contributed by atoms with E-state index in [1.165, 1.54) is 4.90 Å². The first-order valence-corrected chi connectivity index (χ1v) is 14.3. The molecule has 6 atom stereocenters. The third-order valence-electron chi connectivity index (χ3n) is 9.04. The number of likely N-dealkylation sites (tertiary alicyclic amines) is 1. The first kappa shape index (κ1) is 27.4. The fourth-order valence-electron chi connectivity index (χ4n) is 7.17. The van der Waals surface area contributed by atoms with Gasteiger partial charge in [-0.25, -0.2) is 0 Å². The summed E-state index contributed by atoms with van der Waals surface area (Å²) in [6.07, 6.45) is 8.88. The summed E-state index contributed by atoms with van der Waals surface area (Å²) in [6, 6.07) is 13.2. The van der Waals surface area contributed by atoms with Crippen LogP contribution < -0.4 is 4.90 Å². The van der Waals surface area contributed by atoms with E-state index >= 15 is 0 Å². The fraction of sp³-hybridized carbons (Fsp3) is 0.424. The summed E-state index contributed by atoms with van der Waals surface area (Å²) in [5, 5.41) is 10.7. The summed E-state index contributed by atoms with van der Waals surface area (Å²) < 4.78 is 12.5. The number of aliphatic hydroxyl groups excluding tert-OH is 1. The number of aryl methyl sites for hydroxylation is 2. The van der Waals surface area contributed by atoms with Crippen molar-refractivity contribution in [3.8, 4) is 0 Å². The van der Waals surface area contributed by atoms with Gasteiger partial charge in [0.05, 0.1) is 30.8 Å². The van der Waals surface area contributed by atoms with Gasteiger partial charge < -0.3 is 24.4 Å². The van der Waals surface area contributed by atoms with Crippen LogP contribution in [0.4, 0.5) is 5.69 Å². The lowest BCUT2D eigenvalue weighted by molar-refractivity contribution is -0.159. The average molecular weight is 557 g/mol. The van der Waals surface area contributed by atoms with Crippen LogP contribution in [0.15, 0.2) is 72.8 Å². The van der Waals surface area contributed by atoms with Gasteiger partial charge in [0.1, 0.15) is 17.6 Å². The molecule has 0 aliphatic carbocycles. The third kappa shape index (κ3) is 4.23. The predicted molar refractivity (Wildman–Crippen MR) is 153 cm³/mol. The van der Waals surface area contributed by atoms with Crippen LogP contribution in [-0.4, -0.2) is 64.8 Å². The molecular formula is C33H36N2O6. The maximum Gasteiger partial charge on any atom is 0.313 e. The zero-order chi connectivity index (χ0) is 28.9. The number of carbonyl (C=O) groups is 3. The third-order valence-corrected chi connectivity index (χ3v) is 9.04. The van der Waals surface area contributed by atoms with Crippen LogP contribution in [-0.2, 0) is 23.9 Å². The van der Waals surface area contributed by atoms with Gasteiger partial charge in [-0.3, -0.25) is 14.4 Å². The minimum Gasteiger partial charge on any atom is -0.465 e. The summed E-state index contributed by atoms with van der Waals surface area (Å²) in [5.41, 5.74) is 0.767. The van der Waals surface area contributed by atoms with Gasteiger partial charge in [0.15, 0.2) is 0 Å². The molecule has 0 radical (unpaired) electrons. The zero-order valence-electron chi connectivity index (χ0n) is 23.7. The molecule has 2 aromatic carbocycles. The number of rotatable bonds is 4. The van der Waals surface area contributed by atoms with Crippen LogP contribution in [0.1, 0.15) is 42.5 Å². The highest BCUT2D eigenvalue weighted by Crippen LogP contribution is 2.58. The molecule has 0 aromatic heterocycles. The quantitative estimate of drug-likeness (QED) is 0.455. The Morgan fingerprint density at radius 1 is 1.00 bits per heavy atom. The van der Waals surface area contributed by atoms with Crippen molar-refractivity contribution in [3.05, 3.63) is 89.5 Å². The second kappa shape index (κ2) is 10.3. The van der Waals surface area contributed by atoms with Crippen LogP contribution >= 0.6 is 0 Å². The Labute approximate surface area is 240 Å². The van der Waals surface area contributed by atoms with Gasteiger partial charge in [0.2, 0.25) is 5.91 Å². The number of amides is 2. The Morgan fingerprint density at radius 3 is 2.54 bits per heavy atom. The van der Waals surface area contributed by atoms with E-state index in [4.69, 9.17) is 9.47 Å². The summed E-state index contributed by atoms with van der Waals surface area (Å²) in [6.45, 7) is 5.84. The van der Waals surface area contributed by atoms with Gasteiger partial charge >= 0.3 is 5.97 Å². The molecule has 0 bridgehead atoms. The summed E-state index contributed by atoms with van der Waals surface area (Å²) in [4.78, 5) is 46.3. The van der Waals surface area contributed by atoms with E-state index in [-0.39, 0.29) is 19.1 Å². The molecule has 214 valence electrons. The molecule has 4 heterocycles. The van der Waals surface area contributed by atoms with E-state index in [0.29, 0.717) is 18.4 Å². The lowest BCUT2D eigenvalue weighted by atomic mass is 9.74. The van der Waals surface area contributed by atoms with Crippen molar-refractivity contribution in [3.63, 3.8) is 0 Å². The standard InChI is InChI=1S/C33H36N2O6/c1-21-13-14-22(2)24(19-21)34-17-10-16-33-26(27-31(39)40-18-9-5-8-15-32(27,3)41-33)29(37)35(28(33)30(34)38)25(20-36)23-11-6-4-7-12-23/h4,6-8,10-16,19,25-28,36H,5,9,17-18,20H2,1-3H3/b15-8-/t25-,26+,27-,28?,32+,33+/m1/s1. The zero-order valence-corrected chi connectivity index (χ0v) is 23.7. The number of aliphatic hydroxyl groups is 1. The summed E-state index contributed by atoms with van der Waals surface area (Å²) in [5.74, 6) is -3.20. The Balaban J connectivity index is 1.55. The molecule has 6 rings (SSSR count). The molecule has 2 amide bonds. The molecule has 2 fully saturated rings. The van der Waals surface area contributed by atoms with E-state index in [0.717, 1.165) is 16.8 Å². The number of allylic oxidation sites excluding steroid dienone is 1. The number of cyclic esters (lactones) is 1. The normalized spacial score (nSPS) is 32.7. The van der Waals surface area contributed by atoms with Crippen molar-refractivity contribution >= 4 is 23.5 Å². The number of fused-ring (bicyclic) bond motifs is 2. The number of hydrogen-bond acceptors (Lipinski definition) is 6. The number of benzene rings is 2. The van der Waals surface area contributed by atoms with Crippen LogP contribution in [0.25, 0.3) is 0 Å². The molecule has 4 aliphatic heterocycles. The van der Waals surface area contributed by atoms with E-state index in [1.54, 1.807) is 11.8 Å². The van der Waals surface area contributed by atoms with Gasteiger partial charge in [0.25, 0.3) is 5.91 Å². The molecule has 0 saturated carbocycles. The van der Waals surface area contributed by atoms with Crippen molar-refractivity contribution < 1.29 is 29.0 Å². The minimum atomic E-state index is -1.44. The maximum atomic E-state index is 14.8. The predicted octanol–water partition coefficient (Wildman–Crippen LogP) is 3.80. The molecule has 1 unspecified atom stereocenters. The van der Waals surface area contributed by atoms with E-state index in [9.17, 15) is 19.5 Å². The van der Waals surface area contributed by atoms with E-state index in [1.807, 2.05) is 86.7 Å². The topological polar surface area (TPSA) is 96.4 Å². The molecule has 8 heteroatoms. The smallest absolute Gasteiger partial charge is 0.313 e. The molecule has 41 heavy (non-hydrogen) atoms. The SMILES string of the molecule is Cc1ccc(C)c(N2CC=C[C@]34O[C@@]5(C)/C=C\CCCOC(=O)[C@H]5[C@H]3C(=O)N([C@H](CO)c3ccccc3)C4C2=O)c1. The van der Waals surface area contributed by atoms with Gasteiger partial charge in [-0.05, 0) is 56.4 Å². The van der Waals surface area contributed by atoms with Crippen LogP contribution in [0.5, 0.6) is 0 Å². The van der Waals surface area contributed by atoms with Crippen molar-refractivity contribution in [1.29, 1.82) is 0 Å². The molecule has 4 aliphatic rings. The van der Waals surface area contributed by atoms with Crippen molar-refractivity contribution in [2.75, 3.05) is 24.7 Å². The molecular weight excluding hydrogens is 520 g/mol. The van der Waals surface area contributed by atoms with Crippen molar-refractivity contribution in [2.24, 2.45) is 11.8 Å². The van der Waals surface area contributed by atoms with Gasteiger partial charge in [-0.1, -0.05) is 66.8 Å². The highest BCUT2D eigenvalue weighted by Gasteiger charge is 2.75. The Morgan fingerprint density at radius 2 is 1.78 bits per heavy atom. The number of ether oxygens (including phenoxy) is 2. The number of esters is 1. The number of anilines is 1.